The van der Waals surface area contributed by atoms with Crippen molar-refractivity contribution in [2.24, 2.45) is 11.7 Å². The first kappa shape index (κ1) is 12.9. The standard InChI is InChI=1S/C12H20FN3/c1-4-9(2)8-16(3)12-11(13)10(7-14)5-6-15-12/h5-6,9H,4,7-8,14H2,1-3H3. The van der Waals surface area contributed by atoms with E-state index in [-0.39, 0.29) is 12.4 Å². The summed E-state index contributed by atoms with van der Waals surface area (Å²) in [6, 6.07) is 1.62. The lowest BCUT2D eigenvalue weighted by molar-refractivity contribution is 0.543. The predicted octanol–water partition coefficient (Wildman–Crippen LogP) is 2.16. The van der Waals surface area contributed by atoms with Crippen LogP contribution in [0.1, 0.15) is 25.8 Å². The molecule has 90 valence electrons. The molecule has 0 aliphatic heterocycles. The summed E-state index contributed by atoms with van der Waals surface area (Å²) >= 11 is 0. The van der Waals surface area contributed by atoms with Crippen molar-refractivity contribution in [3.05, 3.63) is 23.6 Å². The van der Waals surface area contributed by atoms with Crippen LogP contribution >= 0.6 is 0 Å². The van der Waals surface area contributed by atoms with Crippen molar-refractivity contribution in [3.8, 4) is 0 Å². The first-order chi connectivity index (χ1) is 7.60. The Hall–Kier alpha value is -1.16. The van der Waals surface area contributed by atoms with Crippen LogP contribution in [0.4, 0.5) is 10.2 Å². The van der Waals surface area contributed by atoms with E-state index in [1.54, 1.807) is 12.3 Å². The average molecular weight is 225 g/mol. The Morgan fingerprint density at radius 3 is 2.81 bits per heavy atom. The highest BCUT2D eigenvalue weighted by molar-refractivity contribution is 5.42. The number of nitrogens with two attached hydrogens (primary N) is 1. The van der Waals surface area contributed by atoms with Crippen LogP contribution in [0, 0.1) is 11.7 Å². The fraction of sp³-hybridized carbons (Fsp3) is 0.583. The molecule has 2 N–H and O–H groups in total. The molecule has 1 aromatic rings. The van der Waals surface area contributed by atoms with E-state index in [4.69, 9.17) is 5.73 Å². The molecule has 0 saturated carbocycles. The lowest BCUT2D eigenvalue weighted by Crippen LogP contribution is -2.26. The molecule has 3 nitrogen and oxygen atoms in total. The predicted molar refractivity (Wildman–Crippen MR) is 64.8 cm³/mol. The summed E-state index contributed by atoms with van der Waals surface area (Å²) in [5.74, 6) is 0.617. The van der Waals surface area contributed by atoms with Gasteiger partial charge in [-0.3, -0.25) is 0 Å². The minimum absolute atomic E-state index is 0.207. The number of pyridine rings is 1. The van der Waals surface area contributed by atoms with Gasteiger partial charge in [-0.15, -0.1) is 0 Å². The lowest BCUT2D eigenvalue weighted by Gasteiger charge is -2.22. The topological polar surface area (TPSA) is 42.2 Å². The second-order valence-corrected chi connectivity index (χ2v) is 4.21. The molecule has 1 heterocycles. The van der Waals surface area contributed by atoms with Crippen molar-refractivity contribution < 1.29 is 4.39 Å². The maximum atomic E-state index is 13.9. The zero-order valence-electron chi connectivity index (χ0n) is 10.2. The highest BCUT2D eigenvalue weighted by Crippen LogP contribution is 2.19. The first-order valence-electron chi connectivity index (χ1n) is 5.64. The number of aromatic nitrogens is 1. The van der Waals surface area contributed by atoms with Crippen molar-refractivity contribution in [2.75, 3.05) is 18.5 Å². The Morgan fingerprint density at radius 1 is 1.56 bits per heavy atom. The highest BCUT2D eigenvalue weighted by atomic mass is 19.1. The van der Waals surface area contributed by atoms with Gasteiger partial charge in [0.2, 0.25) is 0 Å². The molecule has 16 heavy (non-hydrogen) atoms. The van der Waals surface area contributed by atoms with Gasteiger partial charge in [0.05, 0.1) is 0 Å². The first-order valence-corrected chi connectivity index (χ1v) is 5.64. The van der Waals surface area contributed by atoms with Crippen molar-refractivity contribution >= 4 is 5.82 Å². The summed E-state index contributed by atoms with van der Waals surface area (Å²) in [5.41, 5.74) is 5.98. The summed E-state index contributed by atoms with van der Waals surface area (Å²) in [5, 5.41) is 0. The third kappa shape index (κ3) is 2.92. The molecule has 0 fully saturated rings. The molecule has 0 bridgehead atoms. The van der Waals surface area contributed by atoms with Crippen LogP contribution in [0.5, 0.6) is 0 Å². The highest BCUT2D eigenvalue weighted by Gasteiger charge is 2.13. The van der Waals surface area contributed by atoms with Crippen LogP contribution in [0.15, 0.2) is 12.3 Å². The molecule has 1 atom stereocenters. The summed E-state index contributed by atoms with van der Waals surface area (Å²) in [4.78, 5) is 5.92. The summed E-state index contributed by atoms with van der Waals surface area (Å²) in [7, 11) is 1.86. The molecule has 1 unspecified atom stereocenters. The van der Waals surface area contributed by atoms with Gasteiger partial charge in [-0.05, 0) is 12.0 Å². The van der Waals surface area contributed by atoms with E-state index < -0.39 is 0 Å². The van der Waals surface area contributed by atoms with Crippen molar-refractivity contribution in [1.29, 1.82) is 0 Å². The van der Waals surface area contributed by atoms with Crippen LogP contribution < -0.4 is 10.6 Å². The van der Waals surface area contributed by atoms with Gasteiger partial charge >= 0.3 is 0 Å². The van der Waals surface area contributed by atoms with Gasteiger partial charge in [0.25, 0.3) is 0 Å². The summed E-state index contributed by atoms with van der Waals surface area (Å²) < 4.78 is 13.9. The molecular formula is C12H20FN3. The van der Waals surface area contributed by atoms with Crippen molar-refractivity contribution in [3.63, 3.8) is 0 Å². The number of hydrogen-bond donors (Lipinski definition) is 1. The van der Waals surface area contributed by atoms with E-state index >= 15 is 0 Å². The SMILES string of the molecule is CCC(C)CN(C)c1nccc(CN)c1F. The fourth-order valence-corrected chi connectivity index (χ4v) is 1.58. The van der Waals surface area contributed by atoms with Crippen LogP contribution in [0.3, 0.4) is 0 Å². The molecule has 0 spiro atoms. The Bertz CT molecular complexity index is 341. The van der Waals surface area contributed by atoms with Gasteiger partial charge in [0.15, 0.2) is 11.6 Å². The lowest BCUT2D eigenvalue weighted by atomic mass is 10.1. The minimum Gasteiger partial charge on any atom is -0.357 e. The van der Waals surface area contributed by atoms with E-state index in [2.05, 4.69) is 18.8 Å². The van der Waals surface area contributed by atoms with E-state index in [0.717, 1.165) is 13.0 Å². The van der Waals surface area contributed by atoms with Crippen molar-refractivity contribution in [1.82, 2.24) is 4.98 Å². The van der Waals surface area contributed by atoms with E-state index in [0.29, 0.717) is 17.3 Å². The van der Waals surface area contributed by atoms with E-state index in [1.807, 2.05) is 11.9 Å². The average Bonchev–Trinajstić information content (AvgIpc) is 2.29. The zero-order valence-corrected chi connectivity index (χ0v) is 10.2. The van der Waals surface area contributed by atoms with E-state index in [1.165, 1.54) is 0 Å². The Morgan fingerprint density at radius 2 is 2.25 bits per heavy atom. The molecule has 0 saturated heterocycles. The zero-order chi connectivity index (χ0) is 12.1. The third-order valence-electron chi connectivity index (χ3n) is 2.81. The molecular weight excluding hydrogens is 205 g/mol. The normalized spacial score (nSPS) is 12.6. The van der Waals surface area contributed by atoms with Gasteiger partial charge in [-0.2, -0.15) is 0 Å². The molecule has 0 aromatic carbocycles. The molecule has 0 aliphatic carbocycles. The van der Waals surface area contributed by atoms with Crippen LogP contribution in [0.2, 0.25) is 0 Å². The molecule has 0 amide bonds. The van der Waals surface area contributed by atoms with Crippen LogP contribution in [-0.4, -0.2) is 18.6 Å². The number of rotatable bonds is 5. The van der Waals surface area contributed by atoms with E-state index in [9.17, 15) is 4.39 Å². The van der Waals surface area contributed by atoms with Crippen LogP contribution in [-0.2, 0) is 6.54 Å². The maximum absolute atomic E-state index is 13.9. The summed E-state index contributed by atoms with van der Waals surface area (Å²) in [6.45, 7) is 5.27. The monoisotopic (exact) mass is 225 g/mol. The van der Waals surface area contributed by atoms with Gasteiger partial charge in [0, 0.05) is 31.9 Å². The third-order valence-corrected chi connectivity index (χ3v) is 2.81. The van der Waals surface area contributed by atoms with Gasteiger partial charge in [-0.1, -0.05) is 20.3 Å². The second-order valence-electron chi connectivity index (χ2n) is 4.21. The maximum Gasteiger partial charge on any atom is 0.170 e. The van der Waals surface area contributed by atoms with Crippen LogP contribution in [0.25, 0.3) is 0 Å². The molecule has 4 heteroatoms. The number of hydrogen-bond acceptors (Lipinski definition) is 3. The Labute approximate surface area is 96.5 Å². The molecule has 1 rings (SSSR count). The molecule has 1 aromatic heterocycles. The van der Waals surface area contributed by atoms with Gasteiger partial charge in [0.1, 0.15) is 0 Å². The number of nitrogens with zero attached hydrogens (tertiary/aromatic N) is 2. The van der Waals surface area contributed by atoms with Gasteiger partial charge < -0.3 is 10.6 Å². The number of anilines is 1. The smallest absolute Gasteiger partial charge is 0.170 e. The Kier molecular flexibility index (Phi) is 4.68. The largest absolute Gasteiger partial charge is 0.357 e. The molecule has 0 aliphatic rings. The second kappa shape index (κ2) is 5.80. The number of halogens is 1. The van der Waals surface area contributed by atoms with Crippen molar-refractivity contribution in [2.45, 2.75) is 26.8 Å². The fourth-order valence-electron chi connectivity index (χ4n) is 1.58. The minimum atomic E-state index is -0.296. The summed E-state index contributed by atoms with van der Waals surface area (Å²) in [6.07, 6.45) is 2.68. The molecule has 0 radical (unpaired) electrons. The van der Waals surface area contributed by atoms with Gasteiger partial charge in [-0.25, -0.2) is 9.37 Å². The quantitative estimate of drug-likeness (QED) is 0.835. The Balaban J connectivity index is 2.86.